The molecular formula is C17H21N5OS. The summed E-state index contributed by atoms with van der Waals surface area (Å²) < 4.78 is 0. The Labute approximate surface area is 145 Å². The van der Waals surface area contributed by atoms with Crippen molar-refractivity contribution in [3.8, 4) is 0 Å². The third-order valence-corrected chi connectivity index (χ3v) is 6.04. The molecule has 4 rings (SSSR count). The Morgan fingerprint density at radius 2 is 2.00 bits per heavy atom. The number of hydrogen-bond acceptors (Lipinski definition) is 6. The Balaban J connectivity index is 1.65. The van der Waals surface area contributed by atoms with Gasteiger partial charge in [0.05, 0.1) is 0 Å². The van der Waals surface area contributed by atoms with Gasteiger partial charge in [-0.05, 0) is 31.2 Å². The first-order chi connectivity index (χ1) is 11.8. The molecule has 3 heterocycles. The van der Waals surface area contributed by atoms with E-state index in [0.717, 1.165) is 18.0 Å². The van der Waals surface area contributed by atoms with E-state index in [2.05, 4.69) is 19.9 Å². The maximum Gasteiger partial charge on any atom is 0.251 e. The zero-order chi connectivity index (χ0) is 16.5. The highest BCUT2D eigenvalue weighted by molar-refractivity contribution is 7.13. The number of anilines is 2. The lowest BCUT2D eigenvalue weighted by atomic mass is 9.85. The van der Waals surface area contributed by atoms with Crippen LogP contribution in [0.4, 0.5) is 11.1 Å². The van der Waals surface area contributed by atoms with Crippen molar-refractivity contribution in [2.24, 2.45) is 5.92 Å². The largest absolute Gasteiger partial charge is 0.326 e. The van der Waals surface area contributed by atoms with Crippen LogP contribution in [0, 0.1) is 5.92 Å². The minimum atomic E-state index is -0.200. The third kappa shape index (κ3) is 2.66. The molecule has 2 fully saturated rings. The summed E-state index contributed by atoms with van der Waals surface area (Å²) in [4.78, 5) is 30.2. The van der Waals surface area contributed by atoms with Gasteiger partial charge in [0.2, 0.25) is 5.95 Å². The fourth-order valence-electron chi connectivity index (χ4n) is 4.09. The minimum absolute atomic E-state index is 0.0896. The van der Waals surface area contributed by atoms with Crippen LogP contribution in [-0.2, 0) is 4.79 Å². The van der Waals surface area contributed by atoms with Gasteiger partial charge in [0.1, 0.15) is 6.04 Å². The summed E-state index contributed by atoms with van der Waals surface area (Å²) in [5.74, 6) is 1.32. The van der Waals surface area contributed by atoms with Crippen molar-refractivity contribution in [2.75, 3.05) is 16.8 Å². The fourth-order valence-corrected chi connectivity index (χ4v) is 4.71. The maximum atomic E-state index is 13.2. The molecule has 0 bridgehead atoms. The highest BCUT2D eigenvalue weighted by atomic mass is 32.1. The predicted octanol–water partition coefficient (Wildman–Crippen LogP) is 2.73. The zero-order valence-corrected chi connectivity index (χ0v) is 14.5. The van der Waals surface area contributed by atoms with E-state index in [0.29, 0.717) is 17.9 Å². The number of carbonyl (C=O) groups is 1. The van der Waals surface area contributed by atoms with Gasteiger partial charge in [0.15, 0.2) is 5.13 Å². The molecule has 1 aliphatic heterocycles. The van der Waals surface area contributed by atoms with E-state index < -0.39 is 0 Å². The predicted molar refractivity (Wildman–Crippen MR) is 94.2 cm³/mol. The molecule has 0 N–H and O–H groups in total. The monoisotopic (exact) mass is 343 g/mol. The van der Waals surface area contributed by atoms with Crippen molar-refractivity contribution < 1.29 is 4.79 Å². The second kappa shape index (κ2) is 6.47. The lowest BCUT2D eigenvalue weighted by Crippen LogP contribution is -2.48. The van der Waals surface area contributed by atoms with E-state index in [1.165, 1.54) is 30.6 Å². The number of aromatic nitrogens is 3. The number of thiazole rings is 1. The van der Waals surface area contributed by atoms with Crippen molar-refractivity contribution >= 4 is 28.3 Å². The molecule has 2 aromatic rings. The summed E-state index contributed by atoms with van der Waals surface area (Å²) >= 11 is 1.48. The Morgan fingerprint density at radius 3 is 2.75 bits per heavy atom. The van der Waals surface area contributed by atoms with E-state index in [1.807, 2.05) is 18.5 Å². The van der Waals surface area contributed by atoms with Crippen LogP contribution in [0.15, 0.2) is 30.0 Å². The summed E-state index contributed by atoms with van der Waals surface area (Å²) in [7, 11) is 1.81. The molecule has 6 nitrogen and oxygen atoms in total. The second-order valence-corrected chi connectivity index (χ2v) is 7.40. The normalized spacial score (nSPS) is 26.2. The molecule has 0 spiro atoms. The molecule has 1 aliphatic carbocycles. The second-order valence-electron chi connectivity index (χ2n) is 6.53. The van der Waals surface area contributed by atoms with Crippen LogP contribution in [-0.4, -0.2) is 40.0 Å². The van der Waals surface area contributed by atoms with Gasteiger partial charge >= 0.3 is 0 Å². The molecule has 7 heteroatoms. The van der Waals surface area contributed by atoms with E-state index in [-0.39, 0.29) is 11.9 Å². The zero-order valence-electron chi connectivity index (χ0n) is 13.7. The summed E-state index contributed by atoms with van der Waals surface area (Å²) in [5, 5.41) is 2.63. The molecule has 0 aromatic carbocycles. The molecule has 1 amide bonds. The molecule has 3 atom stereocenters. The quantitative estimate of drug-likeness (QED) is 0.857. The van der Waals surface area contributed by atoms with E-state index in [1.54, 1.807) is 23.5 Å². The van der Waals surface area contributed by atoms with Crippen LogP contribution < -0.4 is 9.80 Å². The van der Waals surface area contributed by atoms with Gasteiger partial charge in [-0.15, -0.1) is 11.3 Å². The summed E-state index contributed by atoms with van der Waals surface area (Å²) in [5.41, 5.74) is 0. The average molecular weight is 343 g/mol. The number of carbonyl (C=O) groups excluding carboxylic acids is 1. The van der Waals surface area contributed by atoms with Gasteiger partial charge in [0.25, 0.3) is 5.91 Å². The van der Waals surface area contributed by atoms with E-state index in [4.69, 9.17) is 0 Å². The molecular weight excluding hydrogens is 322 g/mol. The Kier molecular flexibility index (Phi) is 4.18. The van der Waals surface area contributed by atoms with Crippen molar-refractivity contribution in [1.29, 1.82) is 0 Å². The van der Waals surface area contributed by atoms with E-state index >= 15 is 0 Å². The Hall–Kier alpha value is -2.02. The first-order valence-corrected chi connectivity index (χ1v) is 9.36. The number of likely N-dealkylation sites (N-methyl/N-ethyl adjacent to an activating group) is 1. The Morgan fingerprint density at radius 1 is 1.21 bits per heavy atom. The van der Waals surface area contributed by atoms with Crippen molar-refractivity contribution in [2.45, 2.75) is 44.2 Å². The molecule has 1 saturated heterocycles. The number of hydrogen-bond donors (Lipinski definition) is 0. The molecule has 24 heavy (non-hydrogen) atoms. The van der Waals surface area contributed by atoms with Crippen molar-refractivity contribution in [1.82, 2.24) is 15.0 Å². The summed E-state index contributed by atoms with van der Waals surface area (Å²) in [6.07, 6.45) is 10.9. The number of amides is 1. The molecule has 0 radical (unpaired) electrons. The topological polar surface area (TPSA) is 62.2 Å². The van der Waals surface area contributed by atoms with Crippen LogP contribution >= 0.6 is 11.3 Å². The van der Waals surface area contributed by atoms with Crippen LogP contribution in [0.1, 0.15) is 32.1 Å². The van der Waals surface area contributed by atoms with Crippen LogP contribution in [0.25, 0.3) is 0 Å². The van der Waals surface area contributed by atoms with Crippen LogP contribution in [0.5, 0.6) is 0 Å². The Bertz CT molecular complexity index is 692. The lowest BCUT2D eigenvalue weighted by molar-refractivity contribution is -0.119. The number of rotatable bonds is 3. The van der Waals surface area contributed by atoms with Crippen LogP contribution in [0.3, 0.4) is 0 Å². The number of nitrogens with zero attached hydrogens (tertiary/aromatic N) is 5. The minimum Gasteiger partial charge on any atom is -0.326 e. The van der Waals surface area contributed by atoms with Crippen molar-refractivity contribution in [3.05, 3.63) is 30.0 Å². The van der Waals surface area contributed by atoms with Gasteiger partial charge in [-0.25, -0.2) is 15.0 Å². The smallest absolute Gasteiger partial charge is 0.251 e. The van der Waals surface area contributed by atoms with E-state index in [9.17, 15) is 4.79 Å². The lowest BCUT2D eigenvalue weighted by Gasteiger charge is -2.34. The highest BCUT2D eigenvalue weighted by Crippen LogP contribution is 2.41. The van der Waals surface area contributed by atoms with Crippen LogP contribution in [0.2, 0.25) is 0 Å². The first-order valence-electron chi connectivity index (χ1n) is 8.48. The fraction of sp³-hybridized carbons (Fsp3) is 0.529. The van der Waals surface area contributed by atoms with Gasteiger partial charge in [-0.3, -0.25) is 9.69 Å². The summed E-state index contributed by atoms with van der Waals surface area (Å²) in [6, 6.07) is 1.99. The molecule has 1 saturated carbocycles. The van der Waals surface area contributed by atoms with Gasteiger partial charge in [-0.1, -0.05) is 12.8 Å². The molecule has 126 valence electrons. The first kappa shape index (κ1) is 15.5. The van der Waals surface area contributed by atoms with Crippen molar-refractivity contribution in [3.63, 3.8) is 0 Å². The average Bonchev–Trinajstić information content (AvgIpc) is 3.29. The van der Waals surface area contributed by atoms with Gasteiger partial charge in [-0.2, -0.15) is 0 Å². The summed E-state index contributed by atoms with van der Waals surface area (Å²) in [6.45, 7) is 0. The third-order valence-electron chi connectivity index (χ3n) is 5.19. The molecule has 0 unspecified atom stereocenters. The number of fused-ring (bicyclic) bond motifs is 1. The SMILES string of the molecule is CN(C(=O)[C@@H]1C[C@H]2CCCC[C@@H]2N1c1ncccn1)c1nccs1. The molecule has 2 aliphatic rings. The standard InChI is InChI=1S/C17H21N5OS/c1-21(17-20-9-10-24-17)15(23)14-11-12-5-2-3-6-13(12)22(14)16-18-7-4-8-19-16/h4,7-10,12-14H,2-3,5-6,11H2,1H3/t12-,13+,14+/m1/s1. The van der Waals surface area contributed by atoms with Gasteiger partial charge in [0, 0.05) is 37.1 Å². The van der Waals surface area contributed by atoms with Gasteiger partial charge < -0.3 is 4.90 Å². The maximum absolute atomic E-state index is 13.2. The highest BCUT2D eigenvalue weighted by Gasteiger charge is 2.47. The molecule has 2 aromatic heterocycles.